The van der Waals surface area contributed by atoms with Gasteiger partial charge in [-0.05, 0) is 49.2 Å². The molecule has 0 saturated carbocycles. The molecule has 1 amide bonds. The number of hydrogen-bond acceptors (Lipinski definition) is 3. The number of carbonyl (C=O) groups excluding carboxylic acids is 1. The summed E-state index contributed by atoms with van der Waals surface area (Å²) in [5.41, 5.74) is -0.359. The van der Waals surface area contributed by atoms with Gasteiger partial charge in [0.05, 0.1) is 12.5 Å². The number of hydrogen-bond donors (Lipinski definition) is 0. The molecule has 0 aliphatic heterocycles. The Bertz CT molecular complexity index is 833. The van der Waals surface area contributed by atoms with Crippen LogP contribution in [-0.4, -0.2) is 29.5 Å². The first-order chi connectivity index (χ1) is 13.4. The van der Waals surface area contributed by atoms with Crippen LogP contribution in [-0.2, 0) is 11.2 Å². The van der Waals surface area contributed by atoms with E-state index >= 15 is 0 Å². The van der Waals surface area contributed by atoms with Crippen LogP contribution < -0.4 is 4.74 Å². The van der Waals surface area contributed by atoms with Crippen LogP contribution in [0.15, 0.2) is 48.5 Å². The standard InChI is InChI=1S/C22H24Cl2N2O2/c1-3-4-13-26(21(27)14-17-7-5-6-8-20(17)24)22(2,15-25)16-28-19-11-9-18(23)10-12-19/h5-12H,3-4,13-14,16H2,1-2H3. The van der Waals surface area contributed by atoms with E-state index in [0.717, 1.165) is 18.4 Å². The summed E-state index contributed by atoms with van der Waals surface area (Å²) in [7, 11) is 0. The van der Waals surface area contributed by atoms with Gasteiger partial charge < -0.3 is 9.64 Å². The Morgan fingerprint density at radius 1 is 1.18 bits per heavy atom. The molecule has 0 spiro atoms. The third kappa shape index (κ3) is 5.89. The molecule has 0 heterocycles. The van der Waals surface area contributed by atoms with E-state index in [-0.39, 0.29) is 18.9 Å². The molecule has 0 aliphatic carbocycles. The van der Waals surface area contributed by atoms with Crippen LogP contribution in [0.3, 0.4) is 0 Å². The van der Waals surface area contributed by atoms with Crippen LogP contribution in [0, 0.1) is 11.3 Å². The van der Waals surface area contributed by atoms with E-state index in [4.69, 9.17) is 27.9 Å². The first kappa shape index (κ1) is 22.1. The molecule has 0 radical (unpaired) electrons. The molecule has 28 heavy (non-hydrogen) atoms. The number of halogens is 2. The molecule has 0 bridgehead atoms. The lowest BCUT2D eigenvalue weighted by molar-refractivity contribution is -0.135. The Labute approximate surface area is 176 Å². The van der Waals surface area contributed by atoms with E-state index < -0.39 is 5.54 Å². The SMILES string of the molecule is CCCCN(C(=O)Cc1ccccc1Cl)C(C)(C#N)COc1ccc(Cl)cc1. The van der Waals surface area contributed by atoms with Crippen molar-refractivity contribution < 1.29 is 9.53 Å². The molecule has 4 nitrogen and oxygen atoms in total. The number of unbranched alkanes of at least 4 members (excludes halogenated alkanes) is 1. The molecule has 1 unspecified atom stereocenters. The Morgan fingerprint density at radius 3 is 2.46 bits per heavy atom. The zero-order chi connectivity index (χ0) is 20.6. The third-order valence-corrected chi connectivity index (χ3v) is 5.13. The molecule has 0 aliphatic rings. The second-order valence-corrected chi connectivity index (χ2v) is 7.64. The number of nitriles is 1. The lowest BCUT2D eigenvalue weighted by Gasteiger charge is -2.36. The van der Waals surface area contributed by atoms with Crippen molar-refractivity contribution in [1.82, 2.24) is 4.90 Å². The Kier molecular flexibility index (Phi) is 8.17. The number of rotatable bonds is 9. The lowest BCUT2D eigenvalue weighted by atomic mass is 10.0. The van der Waals surface area contributed by atoms with E-state index in [9.17, 15) is 10.1 Å². The minimum atomic E-state index is -1.10. The first-order valence-electron chi connectivity index (χ1n) is 9.23. The summed E-state index contributed by atoms with van der Waals surface area (Å²) in [5, 5.41) is 11.0. The van der Waals surface area contributed by atoms with Crippen molar-refractivity contribution in [1.29, 1.82) is 5.26 Å². The summed E-state index contributed by atoms with van der Waals surface area (Å²) >= 11 is 12.1. The van der Waals surface area contributed by atoms with Crippen LogP contribution in [0.5, 0.6) is 5.75 Å². The first-order valence-corrected chi connectivity index (χ1v) is 9.98. The van der Waals surface area contributed by atoms with E-state index in [1.54, 1.807) is 42.2 Å². The fourth-order valence-corrected chi connectivity index (χ4v) is 3.12. The largest absolute Gasteiger partial charge is 0.490 e. The minimum absolute atomic E-state index is 0.0586. The summed E-state index contributed by atoms with van der Waals surface area (Å²) in [4.78, 5) is 14.7. The fraction of sp³-hybridized carbons (Fsp3) is 0.364. The average molecular weight is 419 g/mol. The van der Waals surface area contributed by atoms with Crippen LogP contribution in [0.4, 0.5) is 0 Å². The highest BCUT2D eigenvalue weighted by Crippen LogP contribution is 2.23. The van der Waals surface area contributed by atoms with Crippen LogP contribution in [0.25, 0.3) is 0 Å². The summed E-state index contributed by atoms with van der Waals surface area (Å²) in [6, 6.07) is 16.4. The summed E-state index contributed by atoms with van der Waals surface area (Å²) in [5.74, 6) is 0.449. The molecular weight excluding hydrogens is 395 g/mol. The smallest absolute Gasteiger partial charge is 0.228 e. The van der Waals surface area contributed by atoms with E-state index in [1.165, 1.54) is 0 Å². The number of benzene rings is 2. The molecule has 0 saturated heterocycles. The Morgan fingerprint density at radius 2 is 1.86 bits per heavy atom. The van der Waals surface area contributed by atoms with Crippen molar-refractivity contribution in [3.8, 4) is 11.8 Å². The molecular formula is C22H24Cl2N2O2. The lowest BCUT2D eigenvalue weighted by Crippen LogP contribution is -2.53. The molecule has 1 atom stereocenters. The van der Waals surface area contributed by atoms with Gasteiger partial charge in [-0.2, -0.15) is 5.26 Å². The number of amides is 1. The predicted molar refractivity (Wildman–Crippen MR) is 113 cm³/mol. The minimum Gasteiger partial charge on any atom is -0.490 e. The molecule has 0 fully saturated rings. The second-order valence-electron chi connectivity index (χ2n) is 6.80. The van der Waals surface area contributed by atoms with Gasteiger partial charge in [0.25, 0.3) is 0 Å². The highest BCUT2D eigenvalue weighted by molar-refractivity contribution is 6.31. The van der Waals surface area contributed by atoms with Crippen LogP contribution in [0.1, 0.15) is 32.3 Å². The summed E-state index contributed by atoms with van der Waals surface area (Å²) in [6.45, 7) is 4.31. The van der Waals surface area contributed by atoms with Crippen molar-refractivity contribution in [2.75, 3.05) is 13.2 Å². The van der Waals surface area contributed by atoms with Crippen LogP contribution in [0.2, 0.25) is 10.0 Å². The molecule has 6 heteroatoms. The predicted octanol–water partition coefficient (Wildman–Crippen LogP) is 5.53. The van der Waals surface area contributed by atoms with Crippen molar-refractivity contribution in [2.24, 2.45) is 0 Å². The van der Waals surface area contributed by atoms with Crippen LogP contribution >= 0.6 is 23.2 Å². The van der Waals surface area contributed by atoms with Gasteiger partial charge in [0.1, 0.15) is 12.4 Å². The van der Waals surface area contributed by atoms with Crippen molar-refractivity contribution in [2.45, 2.75) is 38.6 Å². The highest BCUT2D eigenvalue weighted by atomic mass is 35.5. The van der Waals surface area contributed by atoms with Crippen molar-refractivity contribution in [3.05, 3.63) is 64.1 Å². The summed E-state index contributed by atoms with van der Waals surface area (Å²) < 4.78 is 5.80. The third-order valence-electron chi connectivity index (χ3n) is 4.51. The fourth-order valence-electron chi connectivity index (χ4n) is 2.79. The summed E-state index contributed by atoms with van der Waals surface area (Å²) in [6.07, 6.45) is 1.85. The quantitative estimate of drug-likeness (QED) is 0.537. The van der Waals surface area contributed by atoms with Gasteiger partial charge >= 0.3 is 0 Å². The van der Waals surface area contributed by atoms with Gasteiger partial charge in [-0.1, -0.05) is 54.7 Å². The molecule has 2 aromatic rings. The van der Waals surface area contributed by atoms with Gasteiger partial charge in [0.2, 0.25) is 5.91 Å². The van der Waals surface area contributed by atoms with E-state index in [0.29, 0.717) is 22.3 Å². The Hall–Kier alpha value is -2.22. The topological polar surface area (TPSA) is 53.3 Å². The van der Waals surface area contributed by atoms with Crippen molar-refractivity contribution in [3.63, 3.8) is 0 Å². The number of nitrogens with zero attached hydrogens (tertiary/aromatic N) is 2. The number of carbonyl (C=O) groups is 1. The van der Waals surface area contributed by atoms with Crippen molar-refractivity contribution >= 4 is 29.1 Å². The van der Waals surface area contributed by atoms with Gasteiger partial charge in [-0.3, -0.25) is 4.79 Å². The normalized spacial score (nSPS) is 12.7. The zero-order valence-electron chi connectivity index (χ0n) is 16.1. The number of ether oxygens (including phenoxy) is 1. The zero-order valence-corrected chi connectivity index (χ0v) is 17.6. The van der Waals surface area contributed by atoms with E-state index in [2.05, 4.69) is 6.07 Å². The molecule has 0 aromatic heterocycles. The second kappa shape index (κ2) is 10.4. The van der Waals surface area contributed by atoms with Gasteiger partial charge in [0, 0.05) is 16.6 Å². The molecule has 2 aromatic carbocycles. The maximum Gasteiger partial charge on any atom is 0.228 e. The molecule has 0 N–H and O–H groups in total. The van der Waals surface area contributed by atoms with E-state index in [1.807, 2.05) is 25.1 Å². The van der Waals surface area contributed by atoms with Gasteiger partial charge in [0.15, 0.2) is 5.54 Å². The average Bonchev–Trinajstić information content (AvgIpc) is 2.69. The Balaban J connectivity index is 2.19. The molecule has 2 rings (SSSR count). The molecule has 148 valence electrons. The van der Waals surface area contributed by atoms with Gasteiger partial charge in [-0.15, -0.1) is 0 Å². The highest BCUT2D eigenvalue weighted by Gasteiger charge is 2.36. The monoisotopic (exact) mass is 418 g/mol. The maximum atomic E-state index is 13.1. The maximum absolute atomic E-state index is 13.1. The van der Waals surface area contributed by atoms with Gasteiger partial charge in [-0.25, -0.2) is 0 Å².